The molecule has 1 aliphatic carbocycles. The van der Waals surface area contributed by atoms with Crippen LogP contribution in [0.4, 0.5) is 11.4 Å². The predicted octanol–water partition coefficient (Wildman–Crippen LogP) is 4.24. The summed E-state index contributed by atoms with van der Waals surface area (Å²) in [6, 6.07) is 15.3. The lowest BCUT2D eigenvalue weighted by Gasteiger charge is -2.33. The van der Waals surface area contributed by atoms with E-state index in [4.69, 9.17) is 4.74 Å². The minimum Gasteiger partial charge on any atom is -0.378 e. The van der Waals surface area contributed by atoms with Crippen molar-refractivity contribution < 1.29 is 14.3 Å². The summed E-state index contributed by atoms with van der Waals surface area (Å²) in [7, 11) is 0. The van der Waals surface area contributed by atoms with Crippen LogP contribution < -0.4 is 10.2 Å². The van der Waals surface area contributed by atoms with Crippen LogP contribution in [0.15, 0.2) is 48.5 Å². The number of fused-ring (bicyclic) bond motifs is 1. The molecule has 2 aliphatic heterocycles. The van der Waals surface area contributed by atoms with Gasteiger partial charge < -0.3 is 19.9 Å². The van der Waals surface area contributed by atoms with Crippen LogP contribution in [0.3, 0.4) is 0 Å². The van der Waals surface area contributed by atoms with Crippen molar-refractivity contribution in [2.45, 2.75) is 51.1 Å². The maximum Gasteiger partial charge on any atom is 0.254 e. The van der Waals surface area contributed by atoms with E-state index in [1.165, 1.54) is 6.42 Å². The van der Waals surface area contributed by atoms with E-state index in [1.807, 2.05) is 48.2 Å². The average Bonchev–Trinajstić information content (AvgIpc) is 3.25. The zero-order valence-corrected chi connectivity index (χ0v) is 19.3. The van der Waals surface area contributed by atoms with Gasteiger partial charge in [0.15, 0.2) is 0 Å². The van der Waals surface area contributed by atoms with E-state index < -0.39 is 6.04 Å². The number of nitrogens with one attached hydrogen (secondary N) is 1. The van der Waals surface area contributed by atoms with Crippen LogP contribution in [-0.4, -0.2) is 55.1 Å². The van der Waals surface area contributed by atoms with Crippen LogP contribution in [0.2, 0.25) is 0 Å². The Kier molecular flexibility index (Phi) is 6.36. The predicted molar refractivity (Wildman–Crippen MR) is 130 cm³/mol. The van der Waals surface area contributed by atoms with Gasteiger partial charge in [-0.3, -0.25) is 9.59 Å². The smallest absolute Gasteiger partial charge is 0.254 e. The summed E-state index contributed by atoms with van der Waals surface area (Å²) in [6.45, 7) is 5.28. The Morgan fingerprint density at radius 2 is 1.76 bits per heavy atom. The van der Waals surface area contributed by atoms with Crippen LogP contribution in [0, 0.1) is 12.8 Å². The molecule has 3 fully saturated rings. The first kappa shape index (κ1) is 22.0. The topological polar surface area (TPSA) is 61.9 Å². The highest BCUT2D eigenvalue weighted by Crippen LogP contribution is 2.41. The maximum absolute atomic E-state index is 13.5. The lowest BCUT2D eigenvalue weighted by molar-refractivity contribution is -0.120. The van der Waals surface area contributed by atoms with E-state index in [9.17, 15) is 9.59 Å². The van der Waals surface area contributed by atoms with Crippen molar-refractivity contribution in [1.29, 1.82) is 0 Å². The van der Waals surface area contributed by atoms with Crippen molar-refractivity contribution in [2.24, 2.45) is 5.92 Å². The summed E-state index contributed by atoms with van der Waals surface area (Å²) in [5, 5.41) is 3.15. The number of anilines is 2. The lowest BCUT2D eigenvalue weighted by atomic mass is 9.84. The van der Waals surface area contributed by atoms with Crippen LogP contribution in [0.1, 0.15) is 48.0 Å². The number of morpholine rings is 1. The third kappa shape index (κ3) is 4.49. The van der Waals surface area contributed by atoms with Gasteiger partial charge in [-0.15, -0.1) is 0 Å². The fraction of sp³-hybridized carbons (Fsp3) is 0.481. The number of likely N-dealkylation sites (tertiary alicyclic amines) is 1. The second kappa shape index (κ2) is 9.56. The quantitative estimate of drug-likeness (QED) is 0.761. The minimum absolute atomic E-state index is 0.0236. The third-order valence-corrected chi connectivity index (χ3v) is 7.49. The molecule has 3 unspecified atom stereocenters. The van der Waals surface area contributed by atoms with Gasteiger partial charge in [0.2, 0.25) is 5.91 Å². The maximum atomic E-state index is 13.5. The molecule has 5 rings (SSSR count). The third-order valence-electron chi connectivity index (χ3n) is 7.49. The molecule has 3 atom stereocenters. The van der Waals surface area contributed by atoms with Crippen molar-refractivity contribution in [2.75, 3.05) is 36.5 Å². The van der Waals surface area contributed by atoms with E-state index in [-0.39, 0.29) is 17.9 Å². The highest BCUT2D eigenvalue weighted by Gasteiger charge is 2.47. The molecule has 1 saturated carbocycles. The summed E-state index contributed by atoms with van der Waals surface area (Å²) in [5.74, 6) is 0.312. The fourth-order valence-electron chi connectivity index (χ4n) is 5.74. The molecule has 33 heavy (non-hydrogen) atoms. The van der Waals surface area contributed by atoms with Crippen LogP contribution in [-0.2, 0) is 9.53 Å². The van der Waals surface area contributed by atoms with Crippen molar-refractivity contribution >= 4 is 23.2 Å². The minimum atomic E-state index is -0.427. The Labute approximate surface area is 195 Å². The molecule has 2 aromatic rings. The lowest BCUT2D eigenvalue weighted by Crippen LogP contribution is -2.47. The number of amides is 2. The number of benzene rings is 2. The molecule has 2 saturated heterocycles. The second-order valence-corrected chi connectivity index (χ2v) is 9.53. The summed E-state index contributed by atoms with van der Waals surface area (Å²) >= 11 is 0. The van der Waals surface area contributed by atoms with E-state index in [2.05, 4.69) is 22.3 Å². The first-order valence-corrected chi connectivity index (χ1v) is 12.2. The fourth-order valence-corrected chi connectivity index (χ4v) is 5.74. The molecule has 6 nitrogen and oxygen atoms in total. The van der Waals surface area contributed by atoms with Gasteiger partial charge in [-0.05, 0) is 68.0 Å². The molecule has 2 amide bonds. The largest absolute Gasteiger partial charge is 0.378 e. The molecular formula is C27H33N3O3. The van der Waals surface area contributed by atoms with Crippen molar-refractivity contribution in [3.8, 4) is 0 Å². The molecule has 0 bridgehead atoms. The number of hydrogen-bond donors (Lipinski definition) is 1. The number of aryl methyl sites for hydroxylation is 1. The van der Waals surface area contributed by atoms with Crippen molar-refractivity contribution in [1.82, 2.24) is 4.90 Å². The summed E-state index contributed by atoms with van der Waals surface area (Å²) in [5.41, 5.74) is 3.66. The molecule has 174 valence electrons. The van der Waals surface area contributed by atoms with Crippen molar-refractivity contribution in [3.05, 3.63) is 59.7 Å². The molecule has 6 heteroatoms. The normalized spacial score (nSPS) is 24.9. The summed E-state index contributed by atoms with van der Waals surface area (Å²) in [6.07, 6.45) is 5.14. The molecule has 2 aromatic carbocycles. The zero-order chi connectivity index (χ0) is 22.8. The number of rotatable bonds is 4. The average molecular weight is 448 g/mol. The number of hydrogen-bond acceptors (Lipinski definition) is 4. The first-order valence-electron chi connectivity index (χ1n) is 12.2. The molecule has 2 heterocycles. The van der Waals surface area contributed by atoms with Gasteiger partial charge in [-0.25, -0.2) is 0 Å². The Morgan fingerprint density at radius 3 is 2.52 bits per heavy atom. The Hall–Kier alpha value is -2.86. The van der Waals surface area contributed by atoms with Gasteiger partial charge in [0.25, 0.3) is 5.91 Å². The van der Waals surface area contributed by atoms with Gasteiger partial charge in [-0.1, -0.05) is 31.0 Å². The van der Waals surface area contributed by atoms with Crippen LogP contribution >= 0.6 is 0 Å². The Balaban J connectivity index is 1.35. The molecule has 0 aromatic heterocycles. The van der Waals surface area contributed by atoms with Crippen LogP contribution in [0.25, 0.3) is 0 Å². The van der Waals surface area contributed by atoms with E-state index in [0.717, 1.165) is 68.9 Å². The highest BCUT2D eigenvalue weighted by molar-refractivity contribution is 6.02. The number of carbonyl (C=O) groups is 2. The Bertz CT molecular complexity index is 1000. The monoisotopic (exact) mass is 447 g/mol. The molecule has 1 N–H and O–H groups in total. The van der Waals surface area contributed by atoms with Gasteiger partial charge in [0, 0.05) is 36.1 Å². The molecule has 3 aliphatic rings. The first-order chi connectivity index (χ1) is 16.1. The number of nitrogens with zero attached hydrogens (tertiary/aromatic N) is 2. The second-order valence-electron chi connectivity index (χ2n) is 9.53. The van der Waals surface area contributed by atoms with Gasteiger partial charge in [0.1, 0.15) is 6.04 Å². The van der Waals surface area contributed by atoms with Gasteiger partial charge >= 0.3 is 0 Å². The Morgan fingerprint density at radius 1 is 1.00 bits per heavy atom. The highest BCUT2D eigenvalue weighted by atomic mass is 16.5. The standard InChI is InChI=1S/C27H33N3O3/c1-19-17-22(29-13-15-33-16-14-29)11-12-23(19)28-26(31)25-18-21-9-5-6-10-24(21)30(25)27(32)20-7-3-2-4-8-20/h2-4,7-8,11-12,17,21,24-25H,5-6,9-10,13-16,18H2,1H3,(H,28,31). The van der Waals surface area contributed by atoms with E-state index in [0.29, 0.717) is 11.5 Å². The van der Waals surface area contributed by atoms with Crippen LogP contribution in [0.5, 0.6) is 0 Å². The van der Waals surface area contributed by atoms with Gasteiger partial charge in [0.05, 0.1) is 13.2 Å². The molecule has 0 spiro atoms. The summed E-state index contributed by atoms with van der Waals surface area (Å²) in [4.78, 5) is 31.2. The van der Waals surface area contributed by atoms with Gasteiger partial charge in [-0.2, -0.15) is 0 Å². The molecule has 0 radical (unpaired) electrons. The molecular weight excluding hydrogens is 414 g/mol. The van der Waals surface area contributed by atoms with E-state index >= 15 is 0 Å². The van der Waals surface area contributed by atoms with E-state index in [1.54, 1.807) is 0 Å². The number of ether oxygens (including phenoxy) is 1. The SMILES string of the molecule is Cc1cc(N2CCOCC2)ccc1NC(=O)C1CC2CCCCC2N1C(=O)c1ccccc1. The van der Waals surface area contributed by atoms with Crippen molar-refractivity contribution in [3.63, 3.8) is 0 Å². The zero-order valence-electron chi connectivity index (χ0n) is 19.3. The summed E-state index contributed by atoms with van der Waals surface area (Å²) < 4.78 is 5.46. The number of carbonyl (C=O) groups excluding carboxylic acids is 2.